The van der Waals surface area contributed by atoms with Gasteiger partial charge in [0.2, 0.25) is 0 Å². The lowest BCUT2D eigenvalue weighted by atomic mass is 9.99. The summed E-state index contributed by atoms with van der Waals surface area (Å²) in [7, 11) is -3.94. The average molecular weight is 506 g/mol. The number of hydrogen-bond donors (Lipinski definition) is 1. The summed E-state index contributed by atoms with van der Waals surface area (Å²) in [6.45, 7) is 4.03. The number of benzene rings is 3. The van der Waals surface area contributed by atoms with Crippen LogP contribution in [0, 0.1) is 5.82 Å². The van der Waals surface area contributed by atoms with Gasteiger partial charge in [0.05, 0.1) is 22.1 Å². The van der Waals surface area contributed by atoms with Crippen molar-refractivity contribution in [2.75, 3.05) is 0 Å². The van der Waals surface area contributed by atoms with Gasteiger partial charge in [0, 0.05) is 28.6 Å². The Morgan fingerprint density at radius 1 is 1.03 bits per heavy atom. The zero-order valence-corrected chi connectivity index (χ0v) is 20.5. The number of aliphatic carboxylic acids is 1. The van der Waals surface area contributed by atoms with Crippen molar-refractivity contribution >= 4 is 37.8 Å². The van der Waals surface area contributed by atoms with Crippen molar-refractivity contribution in [3.05, 3.63) is 90.0 Å². The topological polar surface area (TPSA) is 94.2 Å². The summed E-state index contributed by atoms with van der Waals surface area (Å²) >= 11 is 0. The molecule has 2 aromatic heterocycles. The van der Waals surface area contributed by atoms with Crippen LogP contribution in [0.25, 0.3) is 27.5 Å². The van der Waals surface area contributed by atoms with Gasteiger partial charge >= 0.3 is 5.97 Å². The molecular weight excluding hydrogens is 481 g/mol. The van der Waals surface area contributed by atoms with Crippen molar-refractivity contribution < 1.29 is 22.7 Å². The number of nitrogens with zero attached hydrogens (tertiary/aromatic N) is 3. The number of hydrogen-bond acceptors (Lipinski definition) is 4. The maximum Gasteiger partial charge on any atom is 0.303 e. The number of carbonyl (C=O) groups is 1. The minimum absolute atomic E-state index is 0.0129. The van der Waals surface area contributed by atoms with Gasteiger partial charge in [-0.3, -0.25) is 4.79 Å². The molecular formula is C27H24FN3O4S. The smallest absolute Gasteiger partial charge is 0.303 e. The lowest BCUT2D eigenvalue weighted by molar-refractivity contribution is -0.136. The Morgan fingerprint density at radius 2 is 1.72 bits per heavy atom. The number of aryl methyl sites for hydroxylation is 1. The predicted octanol–water partition coefficient (Wildman–Crippen LogP) is 5.50. The van der Waals surface area contributed by atoms with E-state index >= 15 is 0 Å². The van der Waals surface area contributed by atoms with E-state index < -0.39 is 16.0 Å². The summed E-state index contributed by atoms with van der Waals surface area (Å²) in [5.74, 6) is -1.27. The molecule has 184 valence electrons. The van der Waals surface area contributed by atoms with Crippen LogP contribution in [0.1, 0.15) is 37.4 Å². The Labute approximate surface area is 207 Å². The third-order valence-electron chi connectivity index (χ3n) is 6.26. The molecule has 0 aliphatic rings. The third-order valence-corrected chi connectivity index (χ3v) is 7.87. The molecule has 7 nitrogen and oxygen atoms in total. The summed E-state index contributed by atoms with van der Waals surface area (Å²) in [4.78, 5) is 11.6. The maximum atomic E-state index is 13.7. The maximum absolute atomic E-state index is 13.7. The molecule has 0 aliphatic carbocycles. The van der Waals surface area contributed by atoms with Crippen molar-refractivity contribution in [1.82, 2.24) is 13.8 Å². The number of rotatable bonds is 7. The van der Waals surface area contributed by atoms with Gasteiger partial charge in [-0.1, -0.05) is 32.0 Å². The van der Waals surface area contributed by atoms with Gasteiger partial charge in [0.1, 0.15) is 5.82 Å². The highest BCUT2D eigenvalue weighted by Gasteiger charge is 2.25. The quantitative estimate of drug-likeness (QED) is 0.315. The molecule has 0 bridgehead atoms. The van der Waals surface area contributed by atoms with Gasteiger partial charge in [-0.05, 0) is 66.4 Å². The van der Waals surface area contributed by atoms with Crippen LogP contribution in [-0.2, 0) is 21.2 Å². The van der Waals surface area contributed by atoms with E-state index in [0.29, 0.717) is 10.9 Å². The Hall–Kier alpha value is -3.98. The summed E-state index contributed by atoms with van der Waals surface area (Å²) in [5, 5.41) is 15.0. The highest BCUT2D eigenvalue weighted by molar-refractivity contribution is 7.90. The molecule has 0 amide bonds. The van der Waals surface area contributed by atoms with Crippen LogP contribution in [0.3, 0.4) is 0 Å². The van der Waals surface area contributed by atoms with E-state index in [-0.39, 0.29) is 29.5 Å². The third kappa shape index (κ3) is 3.95. The van der Waals surface area contributed by atoms with Gasteiger partial charge in [0.25, 0.3) is 10.0 Å². The first-order valence-corrected chi connectivity index (χ1v) is 13.0. The molecule has 0 spiro atoms. The van der Waals surface area contributed by atoms with Crippen molar-refractivity contribution in [3.8, 4) is 5.69 Å². The first-order valence-electron chi connectivity index (χ1n) is 11.5. The first kappa shape index (κ1) is 23.7. The molecule has 9 heteroatoms. The van der Waals surface area contributed by atoms with Crippen molar-refractivity contribution in [2.45, 2.75) is 37.5 Å². The minimum Gasteiger partial charge on any atom is -0.481 e. The standard InChI is InChI=1S/C27H24FN3O4S/c1-17(2)27-22(12-13-26(32)33)23-15-24-18(14-25(23)30(27)20-10-8-19(28)9-11-20)16-29-31(24)36(34,35)21-6-4-3-5-7-21/h3-11,14-17H,12-13H2,1-2H3,(H,32,33). The van der Waals surface area contributed by atoms with Gasteiger partial charge < -0.3 is 9.67 Å². The Kier molecular flexibility index (Phi) is 5.88. The van der Waals surface area contributed by atoms with Crippen LogP contribution < -0.4 is 0 Å². The Bertz CT molecular complexity index is 1700. The summed E-state index contributed by atoms with van der Waals surface area (Å²) in [6.07, 6.45) is 1.68. The van der Waals surface area contributed by atoms with E-state index in [0.717, 1.165) is 31.9 Å². The predicted molar refractivity (Wildman–Crippen MR) is 136 cm³/mol. The zero-order chi connectivity index (χ0) is 25.6. The monoisotopic (exact) mass is 505 g/mol. The second-order valence-electron chi connectivity index (χ2n) is 8.96. The van der Waals surface area contributed by atoms with Crippen LogP contribution in [0.4, 0.5) is 4.39 Å². The second kappa shape index (κ2) is 8.91. The van der Waals surface area contributed by atoms with Crippen molar-refractivity contribution in [3.63, 3.8) is 0 Å². The van der Waals surface area contributed by atoms with Crippen LogP contribution in [0.5, 0.6) is 0 Å². The number of halogens is 1. The first-order chi connectivity index (χ1) is 17.2. The minimum atomic E-state index is -3.94. The summed E-state index contributed by atoms with van der Waals surface area (Å²) < 4.78 is 43.4. The van der Waals surface area contributed by atoms with Crippen molar-refractivity contribution in [2.24, 2.45) is 0 Å². The second-order valence-corrected chi connectivity index (χ2v) is 10.7. The van der Waals surface area contributed by atoms with E-state index in [1.165, 1.54) is 30.5 Å². The van der Waals surface area contributed by atoms with Gasteiger partial charge in [0.15, 0.2) is 0 Å². The van der Waals surface area contributed by atoms with Crippen LogP contribution in [-0.4, -0.2) is 33.2 Å². The fraction of sp³-hybridized carbons (Fsp3) is 0.185. The van der Waals surface area contributed by atoms with Crippen LogP contribution >= 0.6 is 0 Å². The highest BCUT2D eigenvalue weighted by Crippen LogP contribution is 2.37. The SMILES string of the molecule is CC(C)c1c(CCC(=O)O)c2cc3c(cnn3S(=O)(=O)c3ccccc3)cc2n1-c1ccc(F)cc1. The molecule has 3 aromatic carbocycles. The Morgan fingerprint density at radius 3 is 2.36 bits per heavy atom. The molecule has 5 rings (SSSR count). The molecule has 0 unspecified atom stereocenters. The van der Waals surface area contributed by atoms with Gasteiger partial charge in [-0.15, -0.1) is 0 Å². The molecule has 0 fully saturated rings. The fourth-order valence-electron chi connectivity index (χ4n) is 4.72. The largest absolute Gasteiger partial charge is 0.481 e. The average Bonchev–Trinajstić information content (AvgIpc) is 3.41. The molecule has 0 radical (unpaired) electrons. The molecule has 1 N–H and O–H groups in total. The van der Waals surface area contributed by atoms with E-state index in [4.69, 9.17) is 0 Å². The van der Waals surface area contributed by atoms with Gasteiger partial charge in [-0.25, -0.2) is 4.39 Å². The van der Waals surface area contributed by atoms with Crippen LogP contribution in [0.15, 0.2) is 77.8 Å². The van der Waals surface area contributed by atoms with Crippen LogP contribution in [0.2, 0.25) is 0 Å². The normalized spacial score (nSPS) is 12.1. The Balaban J connectivity index is 1.83. The van der Waals surface area contributed by atoms with E-state index in [2.05, 4.69) is 5.10 Å². The lowest BCUT2D eigenvalue weighted by Crippen LogP contribution is -2.14. The summed E-state index contributed by atoms with van der Waals surface area (Å²) in [6, 6.07) is 17.8. The van der Waals surface area contributed by atoms with E-state index in [9.17, 15) is 22.7 Å². The molecule has 0 saturated carbocycles. The lowest BCUT2D eigenvalue weighted by Gasteiger charge is -2.15. The van der Waals surface area contributed by atoms with E-state index in [1.807, 2.05) is 24.5 Å². The zero-order valence-electron chi connectivity index (χ0n) is 19.7. The molecule has 0 saturated heterocycles. The number of fused-ring (bicyclic) bond motifs is 2. The van der Waals surface area contributed by atoms with Crippen molar-refractivity contribution in [1.29, 1.82) is 0 Å². The summed E-state index contributed by atoms with van der Waals surface area (Å²) in [5.41, 5.74) is 3.62. The number of carboxylic acids is 1. The highest BCUT2D eigenvalue weighted by atomic mass is 32.2. The number of carboxylic acid groups (broad SMARTS) is 1. The molecule has 36 heavy (non-hydrogen) atoms. The molecule has 0 atom stereocenters. The van der Waals surface area contributed by atoms with Gasteiger partial charge in [-0.2, -0.15) is 17.6 Å². The fourth-order valence-corrected chi connectivity index (χ4v) is 6.01. The van der Waals surface area contributed by atoms with E-state index in [1.54, 1.807) is 36.4 Å². The molecule has 0 aliphatic heterocycles. The molecule has 5 aromatic rings. The number of aromatic nitrogens is 3. The molecule has 2 heterocycles.